The number of sulfonamides is 1. The van der Waals surface area contributed by atoms with Crippen molar-refractivity contribution in [2.45, 2.75) is 30.7 Å². The number of aromatic nitrogens is 5. The predicted octanol–water partition coefficient (Wildman–Crippen LogP) is 2.09. The van der Waals surface area contributed by atoms with Crippen molar-refractivity contribution < 1.29 is 8.42 Å². The number of hydrogen-bond donors (Lipinski definition) is 0. The minimum Gasteiger partial charge on any atom is -0.339 e. The van der Waals surface area contributed by atoms with E-state index in [1.807, 2.05) is 32.4 Å². The summed E-state index contributed by atoms with van der Waals surface area (Å²) >= 11 is 0. The van der Waals surface area contributed by atoms with Crippen LogP contribution in [-0.4, -0.2) is 50.1 Å². The van der Waals surface area contributed by atoms with Crippen LogP contribution >= 0.6 is 0 Å². The van der Waals surface area contributed by atoms with Gasteiger partial charge < -0.3 is 4.57 Å². The summed E-state index contributed by atoms with van der Waals surface area (Å²) in [5.74, 6) is 0.0579. The molecule has 4 heterocycles. The third-order valence-corrected chi connectivity index (χ3v) is 6.85. The Morgan fingerprint density at radius 1 is 1.14 bits per heavy atom. The monoisotopic (exact) mass is 400 g/mol. The SMILES string of the molecule is Cc1cc(-c2cnn(C)c2)cc([C@@H]2CCCN(S(=O)(=O)c3cn(C)cn3)C2)n1. The van der Waals surface area contributed by atoms with E-state index in [-0.39, 0.29) is 10.9 Å². The molecule has 0 amide bonds. The molecule has 1 saturated heterocycles. The maximum absolute atomic E-state index is 13.0. The van der Waals surface area contributed by atoms with E-state index >= 15 is 0 Å². The van der Waals surface area contributed by atoms with Gasteiger partial charge in [-0.05, 0) is 37.5 Å². The van der Waals surface area contributed by atoms with Crippen LogP contribution in [0.25, 0.3) is 11.1 Å². The third-order valence-electron chi connectivity index (χ3n) is 5.10. The Kier molecular flexibility index (Phi) is 4.80. The van der Waals surface area contributed by atoms with Gasteiger partial charge in [0, 0.05) is 62.4 Å². The average Bonchev–Trinajstić information content (AvgIpc) is 3.30. The van der Waals surface area contributed by atoms with Gasteiger partial charge >= 0.3 is 0 Å². The first-order valence-electron chi connectivity index (χ1n) is 9.28. The topological polar surface area (TPSA) is 85.9 Å². The summed E-state index contributed by atoms with van der Waals surface area (Å²) in [7, 11) is 0.0635. The maximum Gasteiger partial charge on any atom is 0.262 e. The first kappa shape index (κ1) is 18.8. The lowest BCUT2D eigenvalue weighted by atomic mass is 9.93. The summed E-state index contributed by atoms with van der Waals surface area (Å²) in [6.07, 6.45) is 8.57. The van der Waals surface area contributed by atoms with E-state index < -0.39 is 10.0 Å². The van der Waals surface area contributed by atoms with Crippen molar-refractivity contribution in [1.29, 1.82) is 0 Å². The molecule has 0 aliphatic carbocycles. The second kappa shape index (κ2) is 7.14. The molecule has 0 unspecified atom stereocenters. The van der Waals surface area contributed by atoms with E-state index in [0.717, 1.165) is 35.4 Å². The molecule has 148 valence electrons. The van der Waals surface area contributed by atoms with Gasteiger partial charge in [0.2, 0.25) is 0 Å². The maximum atomic E-state index is 13.0. The van der Waals surface area contributed by atoms with Gasteiger partial charge in [-0.3, -0.25) is 9.67 Å². The minimum absolute atomic E-state index is 0.0579. The third kappa shape index (κ3) is 3.59. The van der Waals surface area contributed by atoms with Gasteiger partial charge in [0.15, 0.2) is 5.03 Å². The summed E-state index contributed by atoms with van der Waals surface area (Å²) in [4.78, 5) is 8.75. The molecule has 1 aliphatic heterocycles. The molecular formula is C19H24N6O2S. The Morgan fingerprint density at radius 2 is 1.96 bits per heavy atom. The molecule has 0 saturated carbocycles. The zero-order valence-electron chi connectivity index (χ0n) is 16.3. The Balaban J connectivity index is 1.62. The van der Waals surface area contributed by atoms with Crippen molar-refractivity contribution in [3.05, 3.63) is 48.4 Å². The quantitative estimate of drug-likeness (QED) is 0.669. The fourth-order valence-electron chi connectivity index (χ4n) is 3.70. The Morgan fingerprint density at radius 3 is 2.64 bits per heavy atom. The van der Waals surface area contributed by atoms with Crippen molar-refractivity contribution >= 4 is 10.0 Å². The van der Waals surface area contributed by atoms with Crippen molar-refractivity contribution in [2.75, 3.05) is 13.1 Å². The normalized spacial score (nSPS) is 18.5. The molecule has 28 heavy (non-hydrogen) atoms. The van der Waals surface area contributed by atoms with Gasteiger partial charge in [-0.1, -0.05) is 0 Å². The molecule has 0 aromatic carbocycles. The van der Waals surface area contributed by atoms with Crippen LogP contribution in [0.2, 0.25) is 0 Å². The van der Waals surface area contributed by atoms with Gasteiger partial charge in [0.25, 0.3) is 10.0 Å². The Hall–Kier alpha value is -2.52. The van der Waals surface area contributed by atoms with Crippen LogP contribution in [0.4, 0.5) is 0 Å². The highest BCUT2D eigenvalue weighted by Gasteiger charge is 2.33. The van der Waals surface area contributed by atoms with E-state index in [1.165, 1.54) is 10.6 Å². The smallest absolute Gasteiger partial charge is 0.262 e. The van der Waals surface area contributed by atoms with Crippen LogP contribution in [0.15, 0.2) is 42.1 Å². The van der Waals surface area contributed by atoms with Crippen LogP contribution in [0.1, 0.15) is 30.1 Å². The molecule has 0 N–H and O–H groups in total. The lowest BCUT2D eigenvalue weighted by Crippen LogP contribution is -2.39. The summed E-state index contributed by atoms with van der Waals surface area (Å²) in [6.45, 7) is 2.90. The van der Waals surface area contributed by atoms with Crippen molar-refractivity contribution in [2.24, 2.45) is 14.1 Å². The van der Waals surface area contributed by atoms with Crippen LogP contribution in [0, 0.1) is 6.92 Å². The summed E-state index contributed by atoms with van der Waals surface area (Å²) in [5.41, 5.74) is 3.93. The fraction of sp³-hybridized carbons (Fsp3) is 0.421. The number of rotatable bonds is 4. The number of pyridine rings is 1. The van der Waals surface area contributed by atoms with Gasteiger partial charge in [0.1, 0.15) is 0 Å². The first-order valence-corrected chi connectivity index (χ1v) is 10.7. The van der Waals surface area contributed by atoms with E-state index in [0.29, 0.717) is 13.1 Å². The number of imidazole rings is 1. The van der Waals surface area contributed by atoms with Gasteiger partial charge in [-0.2, -0.15) is 9.40 Å². The highest BCUT2D eigenvalue weighted by molar-refractivity contribution is 7.89. The molecule has 0 spiro atoms. The lowest BCUT2D eigenvalue weighted by molar-refractivity contribution is 0.312. The molecule has 0 bridgehead atoms. The molecule has 1 atom stereocenters. The fourth-order valence-corrected chi connectivity index (χ4v) is 5.19. The summed E-state index contributed by atoms with van der Waals surface area (Å²) in [6, 6.07) is 4.09. The standard InChI is InChI=1S/C19H24N6O2S/c1-14-7-16(17-9-21-24(3)10-17)8-18(22-14)15-5-4-6-25(11-15)28(26,27)19-12-23(2)13-20-19/h7-10,12-13,15H,4-6,11H2,1-3H3/t15-/m1/s1. The predicted molar refractivity (Wildman–Crippen MR) is 105 cm³/mol. The molecule has 0 radical (unpaired) electrons. The summed E-state index contributed by atoms with van der Waals surface area (Å²) < 4.78 is 30.9. The van der Waals surface area contributed by atoms with Gasteiger partial charge in [-0.15, -0.1) is 0 Å². The minimum atomic E-state index is -3.59. The van der Waals surface area contributed by atoms with E-state index in [2.05, 4.69) is 16.1 Å². The number of nitrogens with zero attached hydrogens (tertiary/aromatic N) is 6. The second-order valence-electron chi connectivity index (χ2n) is 7.40. The molecule has 9 heteroatoms. The molecule has 1 aliphatic rings. The molecule has 8 nitrogen and oxygen atoms in total. The molecule has 3 aromatic rings. The zero-order chi connectivity index (χ0) is 19.9. The number of hydrogen-bond acceptors (Lipinski definition) is 5. The lowest BCUT2D eigenvalue weighted by Gasteiger charge is -2.31. The molecule has 3 aromatic heterocycles. The average molecular weight is 401 g/mol. The van der Waals surface area contributed by atoms with E-state index in [9.17, 15) is 8.42 Å². The van der Waals surface area contributed by atoms with Crippen LogP contribution in [0.5, 0.6) is 0 Å². The van der Waals surface area contributed by atoms with Gasteiger partial charge in [0.05, 0.1) is 12.5 Å². The van der Waals surface area contributed by atoms with Crippen molar-refractivity contribution in [3.8, 4) is 11.1 Å². The molecular weight excluding hydrogens is 376 g/mol. The largest absolute Gasteiger partial charge is 0.339 e. The van der Waals surface area contributed by atoms with Crippen LogP contribution < -0.4 is 0 Å². The van der Waals surface area contributed by atoms with E-state index in [4.69, 9.17) is 4.98 Å². The Bertz CT molecular complexity index is 1100. The summed E-state index contributed by atoms with van der Waals surface area (Å²) in [5, 5.41) is 4.35. The van der Waals surface area contributed by atoms with Crippen molar-refractivity contribution in [1.82, 2.24) is 28.6 Å². The van der Waals surface area contributed by atoms with Crippen LogP contribution in [0.3, 0.4) is 0 Å². The van der Waals surface area contributed by atoms with Crippen molar-refractivity contribution in [3.63, 3.8) is 0 Å². The second-order valence-corrected chi connectivity index (χ2v) is 9.29. The Labute approximate surface area is 164 Å². The molecule has 4 rings (SSSR count). The first-order chi connectivity index (χ1) is 13.3. The number of piperidine rings is 1. The van der Waals surface area contributed by atoms with E-state index in [1.54, 1.807) is 22.5 Å². The number of aryl methyl sites for hydroxylation is 3. The molecule has 1 fully saturated rings. The van der Waals surface area contributed by atoms with Gasteiger partial charge in [-0.25, -0.2) is 13.4 Å². The highest BCUT2D eigenvalue weighted by Crippen LogP contribution is 2.31. The van der Waals surface area contributed by atoms with Crippen LogP contribution in [-0.2, 0) is 24.1 Å². The highest BCUT2D eigenvalue weighted by atomic mass is 32.2. The zero-order valence-corrected chi connectivity index (χ0v) is 17.1.